The Morgan fingerprint density at radius 1 is 1.06 bits per heavy atom. The molecule has 2 amide bonds. The maximum atomic E-state index is 13.1. The highest BCUT2D eigenvalue weighted by atomic mass is 35.5. The van der Waals surface area contributed by atoms with Crippen molar-refractivity contribution in [1.29, 1.82) is 0 Å². The zero-order chi connectivity index (χ0) is 23.2. The summed E-state index contributed by atoms with van der Waals surface area (Å²) >= 11 is 6.37. The first-order chi connectivity index (χ1) is 15.1. The van der Waals surface area contributed by atoms with Gasteiger partial charge < -0.3 is 9.80 Å². The van der Waals surface area contributed by atoms with E-state index in [1.54, 1.807) is 11.8 Å². The van der Waals surface area contributed by atoms with Crippen LogP contribution < -0.4 is 9.21 Å². The maximum Gasteiger partial charge on any atom is 0.255 e. The van der Waals surface area contributed by atoms with Gasteiger partial charge in [0.15, 0.2) is 0 Å². The molecule has 0 spiro atoms. The third-order valence-corrected chi connectivity index (χ3v) is 8.44. The van der Waals surface area contributed by atoms with E-state index in [1.165, 1.54) is 35.0 Å². The molecule has 0 radical (unpaired) electrons. The van der Waals surface area contributed by atoms with Crippen LogP contribution in [0.1, 0.15) is 28.4 Å². The van der Waals surface area contributed by atoms with Gasteiger partial charge in [0.05, 0.1) is 27.9 Å². The number of amides is 2. The monoisotopic (exact) mass is 475 g/mol. The van der Waals surface area contributed by atoms with Crippen LogP contribution in [-0.2, 0) is 14.8 Å². The number of carbonyl (C=O) groups is 2. The van der Waals surface area contributed by atoms with Gasteiger partial charge in [0.2, 0.25) is 15.9 Å². The molecule has 9 heteroatoms. The van der Waals surface area contributed by atoms with E-state index in [-0.39, 0.29) is 22.4 Å². The summed E-state index contributed by atoms with van der Waals surface area (Å²) in [6, 6.07) is 10.6. The van der Waals surface area contributed by atoms with Gasteiger partial charge >= 0.3 is 0 Å². The number of nitrogens with zero attached hydrogens (tertiary/aromatic N) is 3. The Morgan fingerprint density at radius 2 is 1.75 bits per heavy atom. The van der Waals surface area contributed by atoms with Gasteiger partial charge in [-0.2, -0.15) is 0 Å². The van der Waals surface area contributed by atoms with E-state index in [1.807, 2.05) is 6.07 Å². The van der Waals surface area contributed by atoms with Crippen LogP contribution in [0, 0.1) is 19.8 Å². The fraction of sp³-hybridized carbons (Fsp3) is 0.391. The Morgan fingerprint density at radius 3 is 2.34 bits per heavy atom. The number of carbonyl (C=O) groups excluding carboxylic acids is 2. The van der Waals surface area contributed by atoms with Gasteiger partial charge in [-0.15, -0.1) is 0 Å². The van der Waals surface area contributed by atoms with Crippen LogP contribution in [0.4, 0.5) is 11.4 Å². The number of hydrogen-bond acceptors (Lipinski definition) is 5. The van der Waals surface area contributed by atoms with E-state index in [9.17, 15) is 18.0 Å². The number of benzene rings is 2. The number of aryl methyl sites for hydroxylation is 1. The first-order valence-electron chi connectivity index (χ1n) is 10.6. The Labute approximate surface area is 193 Å². The van der Waals surface area contributed by atoms with Crippen molar-refractivity contribution in [2.75, 3.05) is 41.1 Å². The third kappa shape index (κ3) is 3.97. The predicted octanol–water partition coefficient (Wildman–Crippen LogP) is 3.23. The van der Waals surface area contributed by atoms with Crippen LogP contribution in [0.2, 0.25) is 5.02 Å². The normalized spacial score (nSPS) is 20.7. The quantitative estimate of drug-likeness (QED) is 0.681. The average molecular weight is 476 g/mol. The van der Waals surface area contributed by atoms with Crippen LogP contribution in [0.3, 0.4) is 0 Å². The fourth-order valence-electron chi connectivity index (χ4n) is 4.29. The van der Waals surface area contributed by atoms with E-state index >= 15 is 0 Å². The second-order valence-corrected chi connectivity index (χ2v) is 10.7. The van der Waals surface area contributed by atoms with Crippen molar-refractivity contribution in [1.82, 2.24) is 4.90 Å². The van der Waals surface area contributed by atoms with Crippen molar-refractivity contribution in [3.63, 3.8) is 0 Å². The summed E-state index contributed by atoms with van der Waals surface area (Å²) in [5.74, 6) is -1.52. The zero-order valence-corrected chi connectivity index (χ0v) is 19.9. The summed E-state index contributed by atoms with van der Waals surface area (Å²) in [5.41, 5.74) is 4.13. The highest BCUT2D eigenvalue weighted by Crippen LogP contribution is 2.32. The first kappa shape index (κ1) is 22.6. The smallest absolute Gasteiger partial charge is 0.255 e. The Balaban J connectivity index is 1.49. The summed E-state index contributed by atoms with van der Waals surface area (Å²) < 4.78 is 25.5. The molecule has 2 fully saturated rings. The molecule has 2 saturated heterocycles. The molecule has 7 nitrogen and oxygen atoms in total. The molecular weight excluding hydrogens is 450 g/mol. The lowest BCUT2D eigenvalue weighted by Gasteiger charge is -2.37. The average Bonchev–Trinajstić information content (AvgIpc) is 2.96. The van der Waals surface area contributed by atoms with Gasteiger partial charge in [0.25, 0.3) is 5.91 Å². The minimum Gasteiger partial charge on any atom is -0.368 e. The van der Waals surface area contributed by atoms with Crippen LogP contribution in [-0.4, -0.2) is 57.1 Å². The molecule has 2 aliphatic rings. The second-order valence-electron chi connectivity index (χ2n) is 8.44. The van der Waals surface area contributed by atoms with Gasteiger partial charge in [0.1, 0.15) is 0 Å². The summed E-state index contributed by atoms with van der Waals surface area (Å²) in [5, 5.41) is 0.131. The third-order valence-electron chi connectivity index (χ3n) is 6.26. The standard InChI is InChI=1S/C23H26ClN3O4S/c1-15-5-4-6-21(17(15)3)25-9-11-26(12-10-25)23(29)19-8-7-18(13-20(19)24)27-22(28)16(2)14-32(27,30)31/h4-8,13,16H,9-12,14H2,1-3H3/t16-/m1/s1. The van der Waals surface area contributed by atoms with Gasteiger partial charge in [-0.3, -0.25) is 9.59 Å². The molecule has 0 aromatic heterocycles. The van der Waals surface area contributed by atoms with E-state index in [0.717, 1.165) is 4.31 Å². The summed E-state index contributed by atoms with van der Waals surface area (Å²) in [6.07, 6.45) is 0. The SMILES string of the molecule is Cc1cccc(N2CCN(C(=O)c3ccc(N4C(=O)[C@H](C)CS4(=O)=O)cc3Cl)CC2)c1C. The number of hydrogen-bond donors (Lipinski definition) is 0. The molecular formula is C23H26ClN3O4S. The number of rotatable bonds is 3. The molecule has 2 aliphatic heterocycles. The van der Waals surface area contributed by atoms with E-state index < -0.39 is 21.8 Å². The molecule has 0 bridgehead atoms. The number of anilines is 2. The van der Waals surface area contributed by atoms with Gasteiger partial charge in [-0.1, -0.05) is 30.7 Å². The minimum atomic E-state index is -3.72. The summed E-state index contributed by atoms with van der Waals surface area (Å²) in [6.45, 7) is 8.31. The van der Waals surface area contributed by atoms with E-state index in [4.69, 9.17) is 11.6 Å². The summed E-state index contributed by atoms with van der Waals surface area (Å²) in [7, 11) is -3.72. The second kappa shape index (κ2) is 8.41. The van der Waals surface area contributed by atoms with Gasteiger partial charge in [-0.05, 0) is 49.2 Å². The van der Waals surface area contributed by atoms with Crippen molar-refractivity contribution in [3.05, 3.63) is 58.1 Å². The van der Waals surface area contributed by atoms with Crippen LogP contribution in [0.25, 0.3) is 0 Å². The maximum absolute atomic E-state index is 13.1. The Bertz CT molecular complexity index is 1190. The molecule has 2 aromatic rings. The van der Waals surface area contributed by atoms with Gasteiger partial charge in [0, 0.05) is 31.9 Å². The topological polar surface area (TPSA) is 78.0 Å². The predicted molar refractivity (Wildman–Crippen MR) is 126 cm³/mol. The highest BCUT2D eigenvalue weighted by molar-refractivity contribution is 7.94. The molecule has 1 atom stereocenters. The molecule has 32 heavy (non-hydrogen) atoms. The largest absolute Gasteiger partial charge is 0.368 e. The molecule has 2 aromatic carbocycles. The van der Waals surface area contributed by atoms with Crippen LogP contribution >= 0.6 is 11.6 Å². The van der Waals surface area contributed by atoms with Crippen molar-refractivity contribution < 1.29 is 18.0 Å². The molecule has 4 rings (SSSR count). The van der Waals surface area contributed by atoms with Crippen molar-refractivity contribution in [2.24, 2.45) is 5.92 Å². The highest BCUT2D eigenvalue weighted by Gasteiger charge is 2.42. The summed E-state index contributed by atoms with van der Waals surface area (Å²) in [4.78, 5) is 29.4. The van der Waals surface area contributed by atoms with Crippen molar-refractivity contribution >= 4 is 44.8 Å². The Hall–Kier alpha value is -2.58. The molecule has 170 valence electrons. The van der Waals surface area contributed by atoms with Crippen molar-refractivity contribution in [3.8, 4) is 0 Å². The van der Waals surface area contributed by atoms with Gasteiger partial charge in [-0.25, -0.2) is 12.7 Å². The number of halogens is 1. The minimum absolute atomic E-state index is 0.131. The van der Waals surface area contributed by atoms with Crippen molar-refractivity contribution in [2.45, 2.75) is 20.8 Å². The van der Waals surface area contributed by atoms with Crippen LogP contribution in [0.15, 0.2) is 36.4 Å². The lowest BCUT2D eigenvalue weighted by atomic mass is 10.1. The van der Waals surface area contributed by atoms with E-state index in [0.29, 0.717) is 31.7 Å². The van der Waals surface area contributed by atoms with E-state index in [2.05, 4.69) is 30.9 Å². The molecule has 2 heterocycles. The lowest BCUT2D eigenvalue weighted by molar-refractivity contribution is -0.119. The molecule has 0 N–H and O–H groups in total. The fourth-order valence-corrected chi connectivity index (χ4v) is 6.36. The first-order valence-corrected chi connectivity index (χ1v) is 12.6. The number of sulfonamides is 1. The number of piperazine rings is 1. The molecule has 0 unspecified atom stereocenters. The zero-order valence-electron chi connectivity index (χ0n) is 18.3. The Kier molecular flexibility index (Phi) is 5.94. The van der Waals surface area contributed by atoms with Crippen LogP contribution in [0.5, 0.6) is 0 Å². The molecule has 0 aliphatic carbocycles. The lowest BCUT2D eigenvalue weighted by Crippen LogP contribution is -2.49. The molecule has 0 saturated carbocycles.